The van der Waals surface area contributed by atoms with Crippen molar-refractivity contribution in [2.24, 2.45) is 0 Å². The number of halogens is 5. The van der Waals surface area contributed by atoms with Crippen LogP contribution in [0.3, 0.4) is 0 Å². The summed E-state index contributed by atoms with van der Waals surface area (Å²) >= 11 is 5.18. The van der Waals surface area contributed by atoms with Crippen LogP contribution < -0.4 is 0 Å². The topological polar surface area (TPSA) is 26.3 Å². The van der Waals surface area contributed by atoms with E-state index in [1.165, 1.54) is 0 Å². The molecule has 1 aromatic rings. The van der Waals surface area contributed by atoms with Gasteiger partial charge in [-0.25, -0.2) is 9.18 Å². The first-order valence-corrected chi connectivity index (χ1v) is 4.30. The molecule has 0 amide bonds. The van der Waals surface area contributed by atoms with Crippen LogP contribution in [0.1, 0.15) is 15.9 Å². The van der Waals surface area contributed by atoms with Crippen molar-refractivity contribution in [1.82, 2.24) is 0 Å². The van der Waals surface area contributed by atoms with Crippen molar-refractivity contribution >= 4 is 17.6 Å². The number of alkyl halides is 3. The molecule has 0 saturated heterocycles. The average molecular weight is 257 g/mol. The molecular formula is C9H5ClF4O2. The minimum atomic E-state index is -4.93. The lowest BCUT2D eigenvalue weighted by Crippen LogP contribution is -2.15. The molecule has 0 N–H and O–H groups in total. The SMILES string of the molecule is COC(=O)c1ccc(F)c(Cl)c1C(F)(F)F. The van der Waals surface area contributed by atoms with E-state index in [2.05, 4.69) is 4.74 Å². The summed E-state index contributed by atoms with van der Waals surface area (Å²) in [6, 6.07) is 1.35. The van der Waals surface area contributed by atoms with Gasteiger partial charge in [-0.3, -0.25) is 0 Å². The number of ether oxygens (including phenoxy) is 1. The molecule has 0 aromatic heterocycles. The molecule has 1 rings (SSSR count). The molecule has 0 bridgehead atoms. The Morgan fingerprint density at radius 1 is 1.38 bits per heavy atom. The second-order valence-corrected chi connectivity index (χ2v) is 3.15. The number of carbonyl (C=O) groups is 1. The van der Waals surface area contributed by atoms with Crippen LogP contribution in [0.15, 0.2) is 12.1 Å². The van der Waals surface area contributed by atoms with Gasteiger partial charge in [0.15, 0.2) is 0 Å². The highest BCUT2D eigenvalue weighted by Gasteiger charge is 2.39. The van der Waals surface area contributed by atoms with Gasteiger partial charge in [-0.05, 0) is 12.1 Å². The molecule has 0 radical (unpaired) electrons. The normalized spacial score (nSPS) is 11.4. The van der Waals surface area contributed by atoms with Gasteiger partial charge in [-0.2, -0.15) is 13.2 Å². The Hall–Kier alpha value is -1.30. The van der Waals surface area contributed by atoms with Gasteiger partial charge in [0.2, 0.25) is 0 Å². The number of hydrogen-bond acceptors (Lipinski definition) is 2. The minimum Gasteiger partial charge on any atom is -0.465 e. The molecule has 16 heavy (non-hydrogen) atoms. The van der Waals surface area contributed by atoms with Crippen LogP contribution in [0.5, 0.6) is 0 Å². The fourth-order valence-corrected chi connectivity index (χ4v) is 1.38. The zero-order chi connectivity index (χ0) is 12.5. The Labute approximate surface area is 92.8 Å². The quantitative estimate of drug-likeness (QED) is 0.569. The number of rotatable bonds is 1. The molecule has 0 aliphatic heterocycles. The van der Waals surface area contributed by atoms with Crippen molar-refractivity contribution in [2.75, 3.05) is 7.11 Å². The number of esters is 1. The molecule has 0 spiro atoms. The first kappa shape index (κ1) is 12.8. The van der Waals surface area contributed by atoms with Crippen LogP contribution in [-0.4, -0.2) is 13.1 Å². The van der Waals surface area contributed by atoms with Crippen molar-refractivity contribution < 1.29 is 27.1 Å². The summed E-state index contributed by atoms with van der Waals surface area (Å²) in [6.45, 7) is 0. The van der Waals surface area contributed by atoms with Crippen molar-refractivity contribution in [2.45, 2.75) is 6.18 Å². The zero-order valence-electron chi connectivity index (χ0n) is 7.86. The van der Waals surface area contributed by atoms with Gasteiger partial charge in [-0.15, -0.1) is 0 Å². The molecule has 1 aromatic carbocycles. The van der Waals surface area contributed by atoms with Crippen LogP contribution in [-0.2, 0) is 10.9 Å². The number of methoxy groups -OCH3 is 1. The summed E-state index contributed by atoms with van der Waals surface area (Å²) in [6.07, 6.45) is -4.93. The number of benzene rings is 1. The predicted octanol–water partition coefficient (Wildman–Crippen LogP) is 3.28. The second kappa shape index (κ2) is 4.29. The Balaban J connectivity index is 3.52. The predicted molar refractivity (Wildman–Crippen MR) is 47.8 cm³/mol. The molecule has 0 unspecified atom stereocenters. The Morgan fingerprint density at radius 3 is 2.38 bits per heavy atom. The van der Waals surface area contributed by atoms with E-state index < -0.39 is 34.1 Å². The smallest absolute Gasteiger partial charge is 0.418 e. The van der Waals surface area contributed by atoms with Gasteiger partial charge in [0.05, 0.1) is 23.3 Å². The van der Waals surface area contributed by atoms with Crippen molar-refractivity contribution in [3.63, 3.8) is 0 Å². The van der Waals surface area contributed by atoms with Crippen LogP contribution in [0, 0.1) is 5.82 Å². The second-order valence-electron chi connectivity index (χ2n) is 2.77. The van der Waals surface area contributed by atoms with Gasteiger partial charge < -0.3 is 4.74 Å². The molecule has 0 aliphatic carbocycles. The van der Waals surface area contributed by atoms with Gasteiger partial charge in [-0.1, -0.05) is 11.6 Å². The van der Waals surface area contributed by atoms with E-state index in [4.69, 9.17) is 11.6 Å². The highest BCUT2D eigenvalue weighted by molar-refractivity contribution is 6.32. The average Bonchev–Trinajstić information content (AvgIpc) is 2.18. The maximum absolute atomic E-state index is 12.9. The summed E-state index contributed by atoms with van der Waals surface area (Å²) < 4.78 is 54.6. The molecular weight excluding hydrogens is 252 g/mol. The lowest BCUT2D eigenvalue weighted by Gasteiger charge is -2.13. The maximum Gasteiger partial charge on any atom is 0.418 e. The van der Waals surface area contributed by atoms with E-state index in [1.807, 2.05) is 0 Å². The lowest BCUT2D eigenvalue weighted by molar-refractivity contribution is -0.138. The van der Waals surface area contributed by atoms with E-state index in [1.54, 1.807) is 0 Å². The number of carbonyl (C=O) groups excluding carboxylic acids is 1. The van der Waals surface area contributed by atoms with E-state index >= 15 is 0 Å². The third-order valence-corrected chi connectivity index (χ3v) is 2.15. The Bertz CT molecular complexity index is 428. The van der Waals surface area contributed by atoms with E-state index in [0.717, 1.165) is 7.11 Å². The maximum atomic E-state index is 12.9. The van der Waals surface area contributed by atoms with Crippen LogP contribution >= 0.6 is 11.6 Å². The monoisotopic (exact) mass is 256 g/mol. The molecule has 2 nitrogen and oxygen atoms in total. The van der Waals surface area contributed by atoms with E-state index in [-0.39, 0.29) is 0 Å². The van der Waals surface area contributed by atoms with Crippen LogP contribution in [0.2, 0.25) is 5.02 Å². The molecule has 7 heteroatoms. The van der Waals surface area contributed by atoms with Gasteiger partial charge in [0.1, 0.15) is 5.82 Å². The summed E-state index contributed by atoms with van der Waals surface area (Å²) in [4.78, 5) is 11.0. The highest BCUT2D eigenvalue weighted by atomic mass is 35.5. The van der Waals surface area contributed by atoms with Crippen molar-refractivity contribution in [1.29, 1.82) is 0 Å². The molecule has 0 atom stereocenters. The molecule has 0 heterocycles. The fraction of sp³-hybridized carbons (Fsp3) is 0.222. The molecule has 0 fully saturated rings. The summed E-state index contributed by atoms with van der Waals surface area (Å²) in [5.41, 5.74) is -2.34. The highest BCUT2D eigenvalue weighted by Crippen LogP contribution is 2.38. The molecule has 88 valence electrons. The summed E-state index contributed by atoms with van der Waals surface area (Å²) in [7, 11) is 0.916. The third kappa shape index (κ3) is 2.27. The van der Waals surface area contributed by atoms with Gasteiger partial charge in [0.25, 0.3) is 0 Å². The largest absolute Gasteiger partial charge is 0.465 e. The minimum absolute atomic E-state index is 0.670. The lowest BCUT2D eigenvalue weighted by atomic mass is 10.1. The first-order valence-electron chi connectivity index (χ1n) is 3.92. The van der Waals surface area contributed by atoms with Gasteiger partial charge in [0, 0.05) is 0 Å². The first-order chi connectivity index (χ1) is 7.29. The molecule has 0 aliphatic rings. The van der Waals surface area contributed by atoms with Crippen molar-refractivity contribution in [3.8, 4) is 0 Å². The van der Waals surface area contributed by atoms with Gasteiger partial charge >= 0.3 is 12.1 Å². The zero-order valence-corrected chi connectivity index (χ0v) is 8.62. The standard InChI is InChI=1S/C9H5ClF4O2/c1-16-8(15)4-2-3-5(11)7(10)6(4)9(12,13)14/h2-3H,1H3. The fourth-order valence-electron chi connectivity index (χ4n) is 1.11. The third-order valence-electron chi connectivity index (χ3n) is 1.78. The molecule has 0 saturated carbocycles. The van der Waals surface area contributed by atoms with Crippen molar-refractivity contribution in [3.05, 3.63) is 34.1 Å². The Kier molecular flexibility index (Phi) is 3.42. The Morgan fingerprint density at radius 2 is 1.94 bits per heavy atom. The van der Waals surface area contributed by atoms with E-state index in [9.17, 15) is 22.4 Å². The number of hydrogen-bond donors (Lipinski definition) is 0. The summed E-state index contributed by atoms with van der Waals surface area (Å²) in [5.74, 6) is -2.48. The summed E-state index contributed by atoms with van der Waals surface area (Å²) in [5, 5.41) is -1.14. The van der Waals surface area contributed by atoms with Crippen LogP contribution in [0.4, 0.5) is 17.6 Å². The van der Waals surface area contributed by atoms with Crippen LogP contribution in [0.25, 0.3) is 0 Å². The van der Waals surface area contributed by atoms with E-state index in [0.29, 0.717) is 12.1 Å².